The lowest BCUT2D eigenvalue weighted by atomic mass is 10.1. The van der Waals surface area contributed by atoms with Crippen molar-refractivity contribution >= 4 is 0 Å². The summed E-state index contributed by atoms with van der Waals surface area (Å²) in [5.41, 5.74) is -0.656. The summed E-state index contributed by atoms with van der Waals surface area (Å²) in [6.07, 6.45) is -0.989. The van der Waals surface area contributed by atoms with Crippen LogP contribution in [0.2, 0.25) is 0 Å². The van der Waals surface area contributed by atoms with Gasteiger partial charge in [0, 0.05) is 18.9 Å². The van der Waals surface area contributed by atoms with Crippen LogP contribution in [-0.2, 0) is 14.2 Å². The molecule has 23 heavy (non-hydrogen) atoms. The highest BCUT2D eigenvalue weighted by atomic mass is 16.6. The van der Waals surface area contributed by atoms with Gasteiger partial charge in [0.15, 0.2) is 6.23 Å². The Morgan fingerprint density at radius 3 is 2.78 bits per heavy atom. The van der Waals surface area contributed by atoms with Gasteiger partial charge in [-0.3, -0.25) is 14.3 Å². The minimum Gasteiger partial charge on any atom is -0.388 e. The van der Waals surface area contributed by atoms with E-state index in [1.165, 1.54) is 10.8 Å². The molecule has 1 aromatic rings. The van der Waals surface area contributed by atoms with Crippen molar-refractivity contribution in [1.29, 1.82) is 0 Å². The van der Waals surface area contributed by atoms with Crippen LogP contribution in [0.1, 0.15) is 32.1 Å². The largest absolute Gasteiger partial charge is 0.388 e. The first-order chi connectivity index (χ1) is 10.9. The predicted molar refractivity (Wildman–Crippen MR) is 82.5 cm³/mol. The Morgan fingerprint density at radius 2 is 2.17 bits per heavy atom. The lowest BCUT2D eigenvalue weighted by Gasteiger charge is -2.23. The van der Waals surface area contributed by atoms with Crippen LogP contribution in [0.25, 0.3) is 0 Å². The minimum atomic E-state index is -0.867. The molecule has 8 heteroatoms. The summed E-state index contributed by atoms with van der Waals surface area (Å²) in [7, 11) is 1.57. The van der Waals surface area contributed by atoms with Crippen molar-refractivity contribution in [3.63, 3.8) is 0 Å². The lowest BCUT2D eigenvalue weighted by molar-refractivity contribution is -0.0932. The van der Waals surface area contributed by atoms with Gasteiger partial charge in [0.2, 0.25) is 0 Å². The Labute approximate surface area is 134 Å². The summed E-state index contributed by atoms with van der Waals surface area (Å²) in [5, 5.41) is 10.4. The van der Waals surface area contributed by atoms with E-state index in [1.54, 1.807) is 14.0 Å². The average Bonchev–Trinajstić information content (AvgIpc) is 2.84. The fourth-order valence-electron chi connectivity index (χ4n) is 2.55. The van der Waals surface area contributed by atoms with E-state index >= 15 is 0 Å². The first-order valence-electron chi connectivity index (χ1n) is 7.69. The number of aromatic nitrogens is 2. The first kappa shape index (κ1) is 17.9. The molecular formula is C15H24N2O6. The topological polar surface area (TPSA) is 103 Å². The Morgan fingerprint density at radius 1 is 1.48 bits per heavy atom. The van der Waals surface area contributed by atoms with Crippen molar-refractivity contribution in [2.24, 2.45) is 0 Å². The summed E-state index contributed by atoms with van der Waals surface area (Å²) in [6, 6.07) is 0. The van der Waals surface area contributed by atoms with Gasteiger partial charge in [0.05, 0.1) is 18.8 Å². The quantitative estimate of drug-likeness (QED) is 0.758. The maximum absolute atomic E-state index is 12.1. The second kappa shape index (κ2) is 7.39. The Hall–Kier alpha value is -1.48. The summed E-state index contributed by atoms with van der Waals surface area (Å²) >= 11 is 0. The average molecular weight is 328 g/mol. The standard InChI is InChI=1S/C15H24N2O6/c1-5-10-11(18)12(22-7-9(3)21-4)14(23-10)17-6-8(2)13(19)16-15(17)20/h6,9-12,14,18H,5,7H2,1-4H3,(H,16,19,20)/t9?,10-,11+,12?,14-/m1/s1. The molecule has 5 atom stereocenters. The maximum Gasteiger partial charge on any atom is 0.330 e. The monoisotopic (exact) mass is 328 g/mol. The third-order valence-electron chi connectivity index (χ3n) is 4.06. The molecule has 2 rings (SSSR count). The van der Waals surface area contributed by atoms with Crippen LogP contribution >= 0.6 is 0 Å². The van der Waals surface area contributed by atoms with E-state index < -0.39 is 35.8 Å². The van der Waals surface area contributed by atoms with Crippen LogP contribution in [0.5, 0.6) is 0 Å². The lowest BCUT2D eigenvalue weighted by Crippen LogP contribution is -2.40. The van der Waals surface area contributed by atoms with Gasteiger partial charge < -0.3 is 19.3 Å². The Kier molecular flexibility index (Phi) is 5.74. The molecule has 130 valence electrons. The Bertz CT molecular complexity index is 640. The molecule has 0 amide bonds. The maximum atomic E-state index is 12.1. The molecule has 1 fully saturated rings. The fraction of sp³-hybridized carbons (Fsp3) is 0.733. The number of rotatable bonds is 6. The van der Waals surface area contributed by atoms with E-state index in [4.69, 9.17) is 14.2 Å². The summed E-state index contributed by atoms with van der Waals surface area (Å²) in [6.45, 7) is 5.57. The molecule has 0 aliphatic carbocycles. The molecule has 8 nitrogen and oxygen atoms in total. The molecule has 0 saturated carbocycles. The van der Waals surface area contributed by atoms with E-state index in [0.717, 1.165) is 0 Å². The van der Waals surface area contributed by atoms with E-state index in [-0.39, 0.29) is 12.7 Å². The van der Waals surface area contributed by atoms with Crippen LogP contribution in [-0.4, -0.2) is 52.8 Å². The van der Waals surface area contributed by atoms with Crippen molar-refractivity contribution < 1.29 is 19.3 Å². The normalized spacial score (nSPS) is 28.9. The molecule has 0 bridgehead atoms. The van der Waals surface area contributed by atoms with Crippen molar-refractivity contribution in [1.82, 2.24) is 9.55 Å². The van der Waals surface area contributed by atoms with Crippen molar-refractivity contribution in [3.8, 4) is 0 Å². The van der Waals surface area contributed by atoms with Gasteiger partial charge in [-0.2, -0.15) is 0 Å². The van der Waals surface area contributed by atoms with Gasteiger partial charge in [-0.05, 0) is 20.3 Å². The van der Waals surface area contributed by atoms with Crippen molar-refractivity contribution in [2.75, 3.05) is 13.7 Å². The van der Waals surface area contributed by atoms with Gasteiger partial charge in [0.1, 0.15) is 12.2 Å². The first-order valence-corrected chi connectivity index (χ1v) is 7.69. The van der Waals surface area contributed by atoms with Crippen LogP contribution in [0.3, 0.4) is 0 Å². The SMILES string of the molecule is CC[C@H]1O[C@@H](n2cc(C)c(=O)[nH]c2=O)C(OCC(C)OC)[C@H]1O. The smallest absolute Gasteiger partial charge is 0.330 e. The highest BCUT2D eigenvalue weighted by Crippen LogP contribution is 2.32. The molecule has 0 aromatic carbocycles. The summed E-state index contributed by atoms with van der Waals surface area (Å²) < 4.78 is 17.9. The number of hydrogen-bond donors (Lipinski definition) is 2. The van der Waals surface area contributed by atoms with Gasteiger partial charge in [0.25, 0.3) is 5.56 Å². The van der Waals surface area contributed by atoms with Gasteiger partial charge in [-0.25, -0.2) is 4.79 Å². The molecule has 2 unspecified atom stereocenters. The highest BCUT2D eigenvalue weighted by molar-refractivity contribution is 5.03. The van der Waals surface area contributed by atoms with E-state index in [9.17, 15) is 14.7 Å². The van der Waals surface area contributed by atoms with E-state index in [2.05, 4.69) is 4.98 Å². The number of methoxy groups -OCH3 is 1. The van der Waals surface area contributed by atoms with Crippen molar-refractivity contribution in [2.45, 2.75) is 57.8 Å². The van der Waals surface area contributed by atoms with Crippen LogP contribution in [0.4, 0.5) is 0 Å². The molecule has 2 heterocycles. The van der Waals surface area contributed by atoms with Crippen LogP contribution in [0.15, 0.2) is 15.8 Å². The zero-order chi connectivity index (χ0) is 17.1. The zero-order valence-corrected chi connectivity index (χ0v) is 13.8. The molecule has 1 saturated heterocycles. The number of hydrogen-bond acceptors (Lipinski definition) is 6. The number of H-pyrrole nitrogens is 1. The highest BCUT2D eigenvalue weighted by Gasteiger charge is 2.45. The third kappa shape index (κ3) is 3.72. The molecule has 0 spiro atoms. The minimum absolute atomic E-state index is 0.155. The number of nitrogens with one attached hydrogen (secondary N) is 1. The number of aliphatic hydroxyl groups is 1. The second-order valence-electron chi connectivity index (χ2n) is 5.79. The number of ether oxygens (including phenoxy) is 3. The molecule has 1 aromatic heterocycles. The van der Waals surface area contributed by atoms with Crippen LogP contribution in [0, 0.1) is 6.92 Å². The second-order valence-corrected chi connectivity index (χ2v) is 5.79. The predicted octanol–water partition coefficient (Wildman–Crippen LogP) is -0.0666. The van der Waals surface area contributed by atoms with Gasteiger partial charge >= 0.3 is 5.69 Å². The third-order valence-corrected chi connectivity index (χ3v) is 4.06. The van der Waals surface area contributed by atoms with Crippen LogP contribution < -0.4 is 11.2 Å². The zero-order valence-electron chi connectivity index (χ0n) is 13.8. The number of aromatic amines is 1. The Balaban J connectivity index is 2.31. The number of nitrogens with zero attached hydrogens (tertiary/aromatic N) is 1. The van der Waals surface area contributed by atoms with E-state index in [1.807, 2.05) is 13.8 Å². The molecule has 1 aliphatic heterocycles. The molecular weight excluding hydrogens is 304 g/mol. The molecule has 2 N–H and O–H groups in total. The molecule has 1 aliphatic rings. The summed E-state index contributed by atoms with van der Waals surface area (Å²) in [5.74, 6) is 0. The van der Waals surface area contributed by atoms with E-state index in [0.29, 0.717) is 12.0 Å². The van der Waals surface area contributed by atoms with Crippen molar-refractivity contribution in [3.05, 3.63) is 32.6 Å². The van der Waals surface area contributed by atoms with Gasteiger partial charge in [-0.15, -0.1) is 0 Å². The fourth-order valence-corrected chi connectivity index (χ4v) is 2.55. The molecule has 0 radical (unpaired) electrons. The number of aryl methyl sites for hydroxylation is 1. The number of aliphatic hydroxyl groups excluding tert-OH is 1. The summed E-state index contributed by atoms with van der Waals surface area (Å²) in [4.78, 5) is 25.8. The van der Waals surface area contributed by atoms with Gasteiger partial charge in [-0.1, -0.05) is 6.92 Å².